The first kappa shape index (κ1) is 30.6. The maximum absolute atomic E-state index is 2.63. The minimum Gasteiger partial charge on any atom is -0.0757 e. The molecule has 1 aliphatic heterocycles. The Morgan fingerprint density at radius 3 is 1.89 bits per heavy atom. The maximum atomic E-state index is 2.63. The van der Waals surface area contributed by atoms with Gasteiger partial charge in [0.25, 0.3) is 0 Å². The van der Waals surface area contributed by atoms with Gasteiger partial charge in [-0.25, -0.2) is 0 Å². The number of hydrogen-bond acceptors (Lipinski definition) is 0. The summed E-state index contributed by atoms with van der Waals surface area (Å²) < 4.78 is 0. The van der Waals surface area contributed by atoms with E-state index in [4.69, 9.17) is 0 Å². The summed E-state index contributed by atoms with van der Waals surface area (Å²) in [6.45, 7) is 5.13. The van der Waals surface area contributed by atoms with Gasteiger partial charge >= 0.3 is 0 Å². The van der Waals surface area contributed by atoms with Crippen molar-refractivity contribution < 1.29 is 0 Å². The molecule has 0 radical (unpaired) electrons. The van der Waals surface area contributed by atoms with E-state index in [-0.39, 0.29) is 0 Å². The van der Waals surface area contributed by atoms with Gasteiger partial charge in [0, 0.05) is 0 Å². The van der Waals surface area contributed by atoms with Gasteiger partial charge in [-0.1, -0.05) is 171 Å². The molecule has 0 nitrogen and oxygen atoms in total. The van der Waals surface area contributed by atoms with Crippen LogP contribution in [0.5, 0.6) is 0 Å². The molecule has 250 valence electrons. The van der Waals surface area contributed by atoms with E-state index in [9.17, 15) is 0 Å². The van der Waals surface area contributed by atoms with Crippen LogP contribution in [0.3, 0.4) is 0 Å². The van der Waals surface area contributed by atoms with Crippen LogP contribution in [0.15, 0.2) is 170 Å². The SMILES string of the molecule is C[Si]1(C)c2cc(-c3ccc4ccccc4c3)ccc2-c2cc3c(C4=CCCc5ccccc54)c4ccccc4c(-c4cccc5ccccc45)c3cc21. The molecule has 0 N–H and O–H groups in total. The van der Waals surface area contributed by atoms with Crippen LogP contribution in [-0.4, -0.2) is 8.07 Å². The van der Waals surface area contributed by atoms with Gasteiger partial charge in [0.1, 0.15) is 8.07 Å². The third-order valence-corrected chi connectivity index (χ3v) is 15.8. The molecule has 1 heteroatoms. The molecule has 0 fully saturated rings. The summed E-state index contributed by atoms with van der Waals surface area (Å²) in [5, 5.41) is 13.6. The molecule has 9 aromatic carbocycles. The fourth-order valence-corrected chi connectivity index (χ4v) is 12.8. The second-order valence-electron chi connectivity index (χ2n) is 15.5. The lowest BCUT2D eigenvalue weighted by atomic mass is 9.79. The van der Waals surface area contributed by atoms with Crippen molar-refractivity contribution in [2.24, 2.45) is 0 Å². The zero-order chi connectivity index (χ0) is 35.3. The minimum atomic E-state index is -2.09. The molecule has 0 bridgehead atoms. The van der Waals surface area contributed by atoms with Gasteiger partial charge in [-0.2, -0.15) is 0 Å². The van der Waals surface area contributed by atoms with Crippen LogP contribution in [0.2, 0.25) is 13.1 Å². The van der Waals surface area contributed by atoms with Crippen molar-refractivity contribution in [1.82, 2.24) is 0 Å². The van der Waals surface area contributed by atoms with Gasteiger partial charge in [0.2, 0.25) is 0 Å². The van der Waals surface area contributed by atoms with Crippen LogP contribution in [-0.2, 0) is 6.42 Å². The molecule has 0 saturated heterocycles. The Balaban J connectivity index is 1.23. The monoisotopic (exact) mass is 690 g/mol. The highest BCUT2D eigenvalue weighted by atomic mass is 28.3. The molecule has 0 unspecified atom stereocenters. The Morgan fingerprint density at radius 1 is 0.396 bits per heavy atom. The van der Waals surface area contributed by atoms with E-state index < -0.39 is 8.07 Å². The highest BCUT2D eigenvalue weighted by Gasteiger charge is 2.39. The predicted octanol–water partition coefficient (Wildman–Crippen LogP) is 12.8. The molecule has 53 heavy (non-hydrogen) atoms. The van der Waals surface area contributed by atoms with Crippen molar-refractivity contribution in [2.75, 3.05) is 0 Å². The smallest absolute Gasteiger partial charge is 0.0757 e. The van der Waals surface area contributed by atoms with E-state index in [1.165, 1.54) is 109 Å². The molecule has 1 heterocycles. The van der Waals surface area contributed by atoms with E-state index in [1.54, 1.807) is 0 Å². The summed E-state index contributed by atoms with van der Waals surface area (Å²) >= 11 is 0. The Labute approximate surface area is 311 Å². The molecule has 0 amide bonds. The zero-order valence-electron chi connectivity index (χ0n) is 30.1. The molecular formula is C52H38Si. The summed E-state index contributed by atoms with van der Waals surface area (Å²) in [6.07, 6.45) is 4.65. The molecule has 9 aromatic rings. The Kier molecular flexibility index (Phi) is 6.63. The lowest BCUT2D eigenvalue weighted by Gasteiger charge is -2.25. The highest BCUT2D eigenvalue weighted by Crippen LogP contribution is 2.48. The van der Waals surface area contributed by atoms with E-state index in [0.717, 1.165) is 12.8 Å². The molecular weight excluding hydrogens is 653 g/mol. The Hall–Kier alpha value is -6.02. The third-order valence-electron chi connectivity index (χ3n) is 12.3. The second kappa shape index (κ2) is 11.5. The van der Waals surface area contributed by atoms with Crippen molar-refractivity contribution >= 4 is 67.1 Å². The topological polar surface area (TPSA) is 0 Å². The minimum absolute atomic E-state index is 1.05. The van der Waals surface area contributed by atoms with E-state index in [1.807, 2.05) is 0 Å². The number of hydrogen-bond donors (Lipinski definition) is 0. The molecule has 0 spiro atoms. The van der Waals surface area contributed by atoms with Crippen molar-refractivity contribution in [3.63, 3.8) is 0 Å². The fraction of sp³-hybridized carbons (Fsp3) is 0.0769. The van der Waals surface area contributed by atoms with E-state index in [0.29, 0.717) is 0 Å². The summed E-state index contributed by atoms with van der Waals surface area (Å²) in [4.78, 5) is 0. The molecule has 1 aliphatic carbocycles. The number of benzene rings is 9. The largest absolute Gasteiger partial charge is 0.113 e. The number of fused-ring (bicyclic) bond motifs is 8. The normalized spacial score (nSPS) is 14.3. The standard InChI is InChI=1S/C52H38Si/c1-53(2)49-30-38(37-26-25-33-13-3-4-16-36(33)29-37)27-28-41(49)46-31-47-48(32-50(46)53)52(43-24-12-18-35-15-6-8-20-40(35)43)45-22-10-9-21-44(45)51(47)42-23-11-17-34-14-5-7-19-39(34)42/h3-10,12-16,18-32H,11,17H2,1-2H3. The third kappa shape index (κ3) is 4.54. The lowest BCUT2D eigenvalue weighted by molar-refractivity contribution is 0.978. The van der Waals surface area contributed by atoms with Crippen LogP contribution in [0.1, 0.15) is 23.1 Å². The van der Waals surface area contributed by atoms with Gasteiger partial charge in [0.05, 0.1) is 0 Å². The van der Waals surface area contributed by atoms with Crippen LogP contribution in [0.4, 0.5) is 0 Å². The van der Waals surface area contributed by atoms with Crippen LogP contribution < -0.4 is 10.4 Å². The number of aryl methyl sites for hydroxylation is 1. The Morgan fingerprint density at radius 2 is 1.02 bits per heavy atom. The van der Waals surface area contributed by atoms with Crippen molar-refractivity contribution in [3.8, 4) is 33.4 Å². The molecule has 0 atom stereocenters. The first-order chi connectivity index (χ1) is 26.0. The average Bonchev–Trinajstić information content (AvgIpc) is 3.43. The number of allylic oxidation sites excluding steroid dienone is 1. The van der Waals surface area contributed by atoms with Crippen LogP contribution >= 0.6 is 0 Å². The average molecular weight is 691 g/mol. The first-order valence-electron chi connectivity index (χ1n) is 19.0. The van der Waals surface area contributed by atoms with Crippen LogP contribution in [0.25, 0.3) is 82.0 Å². The zero-order valence-corrected chi connectivity index (χ0v) is 31.1. The van der Waals surface area contributed by atoms with Crippen molar-refractivity contribution in [3.05, 3.63) is 187 Å². The quantitative estimate of drug-likeness (QED) is 0.128. The molecule has 0 saturated carbocycles. The van der Waals surface area contributed by atoms with Crippen LogP contribution in [0, 0.1) is 0 Å². The van der Waals surface area contributed by atoms with Gasteiger partial charge in [0.15, 0.2) is 0 Å². The van der Waals surface area contributed by atoms with E-state index >= 15 is 0 Å². The summed E-state index contributed by atoms with van der Waals surface area (Å²) in [5.41, 5.74) is 13.6. The van der Waals surface area contributed by atoms with Gasteiger partial charge < -0.3 is 0 Å². The van der Waals surface area contributed by atoms with Crippen molar-refractivity contribution in [2.45, 2.75) is 25.9 Å². The lowest BCUT2D eigenvalue weighted by Crippen LogP contribution is -2.49. The summed E-state index contributed by atoms with van der Waals surface area (Å²) in [6, 6.07) is 62.1. The molecule has 2 aliphatic rings. The first-order valence-corrected chi connectivity index (χ1v) is 22.0. The van der Waals surface area contributed by atoms with Gasteiger partial charge in [-0.15, -0.1) is 0 Å². The highest BCUT2D eigenvalue weighted by molar-refractivity contribution is 7.04. The second-order valence-corrected chi connectivity index (χ2v) is 19.9. The molecule has 0 aromatic heterocycles. The predicted molar refractivity (Wildman–Crippen MR) is 231 cm³/mol. The maximum Gasteiger partial charge on any atom is 0.113 e. The summed E-state index contributed by atoms with van der Waals surface area (Å²) in [5.74, 6) is 0. The van der Waals surface area contributed by atoms with E-state index in [2.05, 4.69) is 183 Å². The Bertz CT molecular complexity index is 3030. The molecule has 11 rings (SSSR count). The van der Waals surface area contributed by atoms with Gasteiger partial charge in [-0.3, -0.25) is 0 Å². The fourth-order valence-electron chi connectivity index (χ4n) is 9.70. The van der Waals surface area contributed by atoms with Gasteiger partial charge in [-0.05, 0) is 134 Å². The summed E-state index contributed by atoms with van der Waals surface area (Å²) in [7, 11) is -2.09. The number of rotatable bonds is 3. The van der Waals surface area contributed by atoms with Crippen molar-refractivity contribution in [1.29, 1.82) is 0 Å².